The van der Waals surface area contributed by atoms with E-state index in [1.54, 1.807) is 12.1 Å². The fourth-order valence-electron chi connectivity index (χ4n) is 7.05. The summed E-state index contributed by atoms with van der Waals surface area (Å²) in [4.78, 5) is 64.0. The van der Waals surface area contributed by atoms with E-state index in [-0.39, 0.29) is 54.6 Å². The number of unbranched alkanes of at least 4 members (excludes halogenated alkanes) is 2. The number of aromatic hydroxyl groups is 1. The van der Waals surface area contributed by atoms with Gasteiger partial charge in [0.2, 0.25) is 11.8 Å². The van der Waals surface area contributed by atoms with Crippen molar-refractivity contribution in [3.05, 3.63) is 32.9 Å². The number of fused-ring (bicyclic) bond motifs is 4. The smallest absolute Gasteiger partial charge is 0.303 e. The molecule has 2 aliphatic carbocycles. The number of alkyl halides is 3. The second kappa shape index (κ2) is 11.6. The molecule has 14 heteroatoms. The summed E-state index contributed by atoms with van der Waals surface area (Å²) in [6.07, 6.45) is 3.45. The van der Waals surface area contributed by atoms with Gasteiger partial charge in [-0.05, 0) is 71.9 Å². The lowest BCUT2D eigenvalue weighted by atomic mass is 9.56. The number of carbonyl (C=O) groups is 5. The number of hydrogen-bond donors (Lipinski definition) is 2. The lowest BCUT2D eigenvalue weighted by Crippen LogP contribution is -2.60. The maximum Gasteiger partial charge on any atom is 0.303 e. The van der Waals surface area contributed by atoms with Gasteiger partial charge in [-0.3, -0.25) is 33.8 Å². The Morgan fingerprint density at radius 2 is 1.81 bits per heavy atom. The molecule has 6 atom stereocenters. The molecule has 3 fully saturated rings. The number of benzene rings is 1. The summed E-state index contributed by atoms with van der Waals surface area (Å²) in [5.74, 6) is -5.95. The number of phenols is 1. The minimum absolute atomic E-state index is 0.0149. The fourth-order valence-corrected chi connectivity index (χ4v) is 9.10. The number of ether oxygens (including phenoxy) is 1. The number of imide groups is 2. The number of methoxy groups -OCH3 is 1. The van der Waals surface area contributed by atoms with E-state index < -0.39 is 51.2 Å². The third kappa shape index (κ3) is 4.57. The van der Waals surface area contributed by atoms with Gasteiger partial charge in [-0.15, -0.1) is 23.2 Å². The highest BCUT2D eigenvalue weighted by Gasteiger charge is 2.76. The Morgan fingerprint density at radius 3 is 2.45 bits per heavy atom. The largest absolute Gasteiger partial charge is 0.504 e. The zero-order valence-corrected chi connectivity index (χ0v) is 27.7. The van der Waals surface area contributed by atoms with Gasteiger partial charge in [0, 0.05) is 18.9 Å². The van der Waals surface area contributed by atoms with Crippen LogP contribution >= 0.6 is 61.7 Å². The fraction of sp³-hybridized carbons (Fsp3) is 0.536. The molecule has 226 valence electrons. The average Bonchev–Trinajstić information content (AvgIpc) is 3.27. The molecule has 4 amide bonds. The van der Waals surface area contributed by atoms with Crippen molar-refractivity contribution in [2.24, 2.45) is 17.8 Å². The maximum absolute atomic E-state index is 13.9. The Balaban J connectivity index is 1.57. The molecule has 42 heavy (non-hydrogen) atoms. The van der Waals surface area contributed by atoms with E-state index in [1.165, 1.54) is 12.0 Å². The number of allylic oxidation sites excluding steroid dienone is 2. The molecule has 0 spiro atoms. The van der Waals surface area contributed by atoms with E-state index in [0.29, 0.717) is 34.0 Å². The number of aliphatic carboxylic acids is 1. The number of hydrogen-bond acceptors (Lipinski definition) is 7. The summed E-state index contributed by atoms with van der Waals surface area (Å²) in [6.45, 7) is 0.170. The van der Waals surface area contributed by atoms with Crippen LogP contribution in [-0.2, 0) is 24.0 Å². The molecule has 6 unspecified atom stereocenters. The van der Waals surface area contributed by atoms with Gasteiger partial charge in [-0.1, -0.05) is 34.0 Å². The predicted octanol–water partition coefficient (Wildman–Crippen LogP) is 4.36. The number of amides is 4. The van der Waals surface area contributed by atoms with E-state index in [9.17, 15) is 29.1 Å². The standard InChI is InChI=1S/C28H28BrCl2IN2O8/c1-42-18-10-13(9-17(32)22(18)37)21-14-6-7-15-20(24(39)33(23(15)38)8-4-2-3-5-19(35)36)16(14)11-27(30)25(40)34(12-29)26(41)28(21,27)31/h6,9-10,15-16,20-21,37H,2-5,7-8,11-12H2,1H3,(H,35,36). The van der Waals surface area contributed by atoms with Gasteiger partial charge in [0.1, 0.15) is 0 Å². The maximum atomic E-state index is 13.9. The van der Waals surface area contributed by atoms with Crippen LogP contribution in [0.25, 0.3) is 0 Å². The Bertz CT molecular complexity index is 1420. The van der Waals surface area contributed by atoms with Crippen LogP contribution in [0.15, 0.2) is 23.8 Å². The summed E-state index contributed by atoms with van der Waals surface area (Å²) in [6, 6.07) is 3.21. The number of rotatable bonds is 9. The molecule has 10 nitrogen and oxygen atoms in total. The molecular formula is C28H28BrCl2IN2O8. The molecule has 0 bridgehead atoms. The highest BCUT2D eigenvalue weighted by molar-refractivity contribution is 14.1. The average molecular weight is 798 g/mol. The molecule has 4 aliphatic rings. The van der Waals surface area contributed by atoms with Gasteiger partial charge >= 0.3 is 5.97 Å². The highest BCUT2D eigenvalue weighted by atomic mass is 127. The second-order valence-corrected chi connectivity index (χ2v) is 14.0. The molecule has 1 aromatic carbocycles. The summed E-state index contributed by atoms with van der Waals surface area (Å²) in [7, 11) is 1.39. The van der Waals surface area contributed by atoms with Crippen LogP contribution in [0.2, 0.25) is 0 Å². The Kier molecular flexibility index (Phi) is 8.67. The third-order valence-electron chi connectivity index (χ3n) is 8.98. The minimum Gasteiger partial charge on any atom is -0.504 e. The van der Waals surface area contributed by atoms with Gasteiger partial charge in [0.25, 0.3) is 11.8 Å². The molecule has 2 saturated heterocycles. The van der Waals surface area contributed by atoms with Gasteiger partial charge in [-0.2, -0.15) is 0 Å². The second-order valence-electron chi connectivity index (χ2n) is 11.1. The number of carbonyl (C=O) groups excluding carboxylic acids is 4. The molecule has 2 aliphatic heterocycles. The molecular weight excluding hydrogens is 770 g/mol. The quantitative estimate of drug-likeness (QED) is 0.0939. The first-order valence-electron chi connectivity index (χ1n) is 13.5. The summed E-state index contributed by atoms with van der Waals surface area (Å²) in [5, 5.41) is 19.4. The SMILES string of the molecule is COc1cc(C2C3=CCC4C(=O)N(CCCCCC(=O)O)C(=O)C4C3CC3(Cl)C(=O)N(CBr)C(=O)C23Cl)cc(I)c1O. The molecule has 2 heterocycles. The molecule has 1 aromatic rings. The number of carboxylic acid groups (broad SMARTS) is 1. The zero-order chi connectivity index (χ0) is 30.7. The van der Waals surface area contributed by atoms with Crippen molar-refractivity contribution in [2.75, 3.05) is 19.1 Å². The van der Waals surface area contributed by atoms with E-state index in [0.717, 1.165) is 4.90 Å². The molecule has 0 radical (unpaired) electrons. The van der Waals surface area contributed by atoms with Crippen molar-refractivity contribution < 1.29 is 38.9 Å². The minimum atomic E-state index is -1.95. The first kappa shape index (κ1) is 31.5. The number of phenolic OH excluding ortho intramolecular Hbond substituents is 1. The Hall–Kier alpha value is -1.90. The monoisotopic (exact) mass is 796 g/mol. The van der Waals surface area contributed by atoms with Crippen molar-refractivity contribution >= 4 is 91.3 Å². The van der Waals surface area contributed by atoms with Crippen LogP contribution in [0.3, 0.4) is 0 Å². The lowest BCUT2D eigenvalue weighted by Gasteiger charge is -2.50. The van der Waals surface area contributed by atoms with Crippen LogP contribution in [-0.4, -0.2) is 78.5 Å². The predicted molar refractivity (Wildman–Crippen MR) is 164 cm³/mol. The highest BCUT2D eigenvalue weighted by Crippen LogP contribution is 2.65. The Labute approximate surface area is 274 Å². The molecule has 2 N–H and O–H groups in total. The number of nitrogens with zero attached hydrogens (tertiary/aromatic N) is 2. The van der Waals surface area contributed by atoms with Crippen LogP contribution in [0.4, 0.5) is 0 Å². The third-order valence-corrected chi connectivity index (χ3v) is 11.7. The normalized spacial score (nSPS) is 32.1. The van der Waals surface area contributed by atoms with Crippen molar-refractivity contribution in [2.45, 2.75) is 54.2 Å². The van der Waals surface area contributed by atoms with Crippen LogP contribution in [0, 0.1) is 21.3 Å². The number of likely N-dealkylation sites (tertiary alicyclic amines) is 2. The van der Waals surface area contributed by atoms with Crippen LogP contribution < -0.4 is 4.74 Å². The molecule has 1 saturated carbocycles. The summed E-state index contributed by atoms with van der Waals surface area (Å²) < 4.78 is 5.80. The lowest BCUT2D eigenvalue weighted by molar-refractivity contribution is -0.141. The van der Waals surface area contributed by atoms with Crippen molar-refractivity contribution in [1.82, 2.24) is 9.80 Å². The first-order chi connectivity index (χ1) is 19.8. The van der Waals surface area contributed by atoms with Crippen LogP contribution in [0.1, 0.15) is 50.0 Å². The number of carboxylic acids is 1. The molecule has 5 rings (SSSR count). The topological polar surface area (TPSA) is 142 Å². The Morgan fingerprint density at radius 1 is 1.10 bits per heavy atom. The van der Waals surface area contributed by atoms with Crippen molar-refractivity contribution in [1.29, 1.82) is 0 Å². The van der Waals surface area contributed by atoms with E-state index in [2.05, 4.69) is 15.9 Å². The van der Waals surface area contributed by atoms with Crippen LogP contribution in [0.5, 0.6) is 11.5 Å². The summed E-state index contributed by atoms with van der Waals surface area (Å²) in [5.41, 5.74) is 1.00. The van der Waals surface area contributed by atoms with Crippen molar-refractivity contribution in [3.63, 3.8) is 0 Å². The summed E-state index contributed by atoms with van der Waals surface area (Å²) >= 11 is 19.6. The van der Waals surface area contributed by atoms with Gasteiger partial charge in [-0.25, -0.2) is 0 Å². The van der Waals surface area contributed by atoms with Gasteiger partial charge < -0.3 is 14.9 Å². The van der Waals surface area contributed by atoms with E-state index in [1.807, 2.05) is 28.7 Å². The van der Waals surface area contributed by atoms with Gasteiger partial charge in [0.15, 0.2) is 21.2 Å². The van der Waals surface area contributed by atoms with Crippen molar-refractivity contribution in [3.8, 4) is 11.5 Å². The first-order valence-corrected chi connectivity index (χ1v) is 16.4. The molecule has 0 aromatic heterocycles. The zero-order valence-electron chi connectivity index (χ0n) is 22.4. The van der Waals surface area contributed by atoms with Gasteiger partial charge in [0.05, 0.1) is 28.0 Å². The van der Waals surface area contributed by atoms with E-state index in [4.69, 9.17) is 33.0 Å². The number of halogens is 4. The van der Waals surface area contributed by atoms with E-state index >= 15 is 0 Å².